The molecule has 0 aliphatic heterocycles. The van der Waals surface area contributed by atoms with Gasteiger partial charge in [0.05, 0.1) is 31.1 Å². The van der Waals surface area contributed by atoms with Gasteiger partial charge < -0.3 is 32.2 Å². The average molecular weight is 647 g/mol. The van der Waals surface area contributed by atoms with E-state index in [1.165, 1.54) is 46.4 Å². The fourth-order valence-corrected chi connectivity index (χ4v) is 7.63. The molecule has 2 aromatic carbocycles. The summed E-state index contributed by atoms with van der Waals surface area (Å²) in [6.07, 6.45) is 2.97. The Bertz CT molecular complexity index is 1300. The molecule has 0 aliphatic rings. The van der Waals surface area contributed by atoms with Crippen molar-refractivity contribution in [2.45, 2.75) is 33.1 Å². The molecule has 0 saturated carbocycles. The van der Waals surface area contributed by atoms with Crippen molar-refractivity contribution in [3.05, 3.63) is 75.6 Å². The molecule has 11 nitrogen and oxygen atoms in total. The molecule has 0 aromatic heterocycles. The third-order valence-corrected chi connectivity index (χ3v) is 11.8. The molecule has 0 amide bonds. The summed E-state index contributed by atoms with van der Waals surface area (Å²) in [5, 5.41) is 9.74. The Morgan fingerprint density at radius 2 is 1.17 bits per heavy atom. The summed E-state index contributed by atoms with van der Waals surface area (Å²) in [6.45, 7) is 3.79. The maximum atomic E-state index is 12.9. The maximum absolute atomic E-state index is 12.9. The van der Waals surface area contributed by atoms with Crippen molar-refractivity contribution in [3.8, 4) is 0 Å². The van der Waals surface area contributed by atoms with Crippen LogP contribution in [0.4, 0.5) is 0 Å². The Morgan fingerprint density at radius 3 is 1.60 bits per heavy atom. The number of carbonyl (C=O) groups is 1. The van der Waals surface area contributed by atoms with Gasteiger partial charge >= 0.3 is 28.8 Å². The second-order valence-corrected chi connectivity index (χ2v) is 15.9. The Hall–Kier alpha value is -1.90. The highest BCUT2D eigenvalue weighted by Crippen LogP contribution is 2.50. The minimum atomic E-state index is -3.49. The first-order chi connectivity index (χ1) is 19.9. The largest absolute Gasteiger partial charge is 0.478 e. The maximum Gasteiger partial charge on any atom is 0.354 e. The van der Waals surface area contributed by atoms with E-state index >= 15 is 0 Å². The molecular formula is C28H41O11P3. The van der Waals surface area contributed by atoms with Crippen molar-refractivity contribution in [2.24, 2.45) is 0 Å². The third-order valence-electron chi connectivity index (χ3n) is 6.31. The van der Waals surface area contributed by atoms with Crippen molar-refractivity contribution in [3.63, 3.8) is 0 Å². The predicted molar refractivity (Wildman–Crippen MR) is 163 cm³/mol. The van der Waals surface area contributed by atoms with Gasteiger partial charge in [-0.3, -0.25) is 13.7 Å². The quantitative estimate of drug-likeness (QED) is 0.154. The van der Waals surface area contributed by atoms with Crippen LogP contribution < -0.4 is 0 Å². The molecule has 0 heterocycles. The van der Waals surface area contributed by atoms with Gasteiger partial charge in [0.1, 0.15) is 0 Å². The van der Waals surface area contributed by atoms with Crippen molar-refractivity contribution < 1.29 is 50.7 Å². The summed E-state index contributed by atoms with van der Waals surface area (Å²) in [6, 6.07) is 10.7. The van der Waals surface area contributed by atoms with Crippen LogP contribution in [0.15, 0.2) is 42.2 Å². The Kier molecular flexibility index (Phi) is 14.5. The van der Waals surface area contributed by atoms with Crippen molar-refractivity contribution in [2.75, 3.05) is 54.0 Å². The summed E-state index contributed by atoms with van der Waals surface area (Å²) in [5.74, 6) is 0.223. The molecule has 2 aromatic rings. The van der Waals surface area contributed by atoms with Crippen LogP contribution in [0.5, 0.6) is 0 Å². The van der Waals surface area contributed by atoms with E-state index in [4.69, 9.17) is 27.1 Å². The topological polar surface area (TPSA) is 144 Å². The zero-order valence-corrected chi connectivity index (χ0v) is 27.6. The zero-order valence-electron chi connectivity index (χ0n) is 24.9. The van der Waals surface area contributed by atoms with Gasteiger partial charge in [0, 0.05) is 34.3 Å². The first kappa shape index (κ1) is 36.3. The van der Waals surface area contributed by atoms with Crippen LogP contribution in [0.1, 0.15) is 52.0 Å². The molecule has 1 N–H and O–H groups in total. The first-order valence-corrected chi connectivity index (χ1v) is 18.4. The normalized spacial score (nSPS) is 12.7. The fourth-order valence-electron chi connectivity index (χ4n) is 4.21. The Balaban J connectivity index is 2.49. The van der Waals surface area contributed by atoms with E-state index in [2.05, 4.69) is 0 Å². The third kappa shape index (κ3) is 11.3. The minimum absolute atomic E-state index is 0.0634. The van der Waals surface area contributed by atoms with Gasteiger partial charge in [0.25, 0.3) is 0 Å². The zero-order chi connectivity index (χ0) is 31.4. The molecule has 0 bridgehead atoms. The molecule has 0 unspecified atom stereocenters. The monoisotopic (exact) mass is 646 g/mol. The number of hydrogen-bond donors (Lipinski definition) is 1. The Labute approximate surface area is 248 Å². The van der Waals surface area contributed by atoms with Crippen LogP contribution in [0.3, 0.4) is 0 Å². The van der Waals surface area contributed by atoms with E-state index < -0.39 is 28.8 Å². The SMILES string of the molecule is CCOP(=O)(/C=C/c1cc(Cc2cc(CCP(=O)(OC)OC)cc(CCP(=O)(OC)OC)c2)cc(C(=O)O)c1)OCC. The molecule has 234 valence electrons. The lowest BCUT2D eigenvalue weighted by Crippen LogP contribution is -2.04. The number of aromatic carboxylic acids is 1. The average Bonchev–Trinajstić information content (AvgIpc) is 2.97. The standard InChI is InChI=1S/C28H41O11P3/c1-7-38-42(33,39-8-2)14-11-24-18-26(21-27(20-24)28(29)30)19-25-16-22(9-12-40(31,34-3)35-4)15-23(17-25)10-13-41(32,36-5)37-6/h11,14-18,20-21H,7-10,12-13,19H2,1-6H3,(H,29,30)/b14-11+. The fraction of sp³-hybridized carbons (Fsp3) is 0.464. The number of benzene rings is 2. The van der Waals surface area contributed by atoms with Gasteiger partial charge in [0.2, 0.25) is 0 Å². The minimum Gasteiger partial charge on any atom is -0.478 e. The van der Waals surface area contributed by atoms with E-state index in [1.54, 1.807) is 26.0 Å². The van der Waals surface area contributed by atoms with Crippen molar-refractivity contribution >= 4 is 34.8 Å². The smallest absolute Gasteiger partial charge is 0.354 e. The molecule has 0 aliphatic carbocycles. The summed E-state index contributed by atoms with van der Waals surface area (Å²) >= 11 is 0. The van der Waals surface area contributed by atoms with E-state index in [0.29, 0.717) is 30.4 Å². The van der Waals surface area contributed by atoms with E-state index in [0.717, 1.165) is 16.7 Å². The second-order valence-electron chi connectivity index (χ2n) is 9.19. The number of carboxylic acids is 1. The van der Waals surface area contributed by atoms with Gasteiger partial charge in [-0.2, -0.15) is 0 Å². The summed E-state index contributed by atoms with van der Waals surface area (Å²) in [7, 11) is -4.65. The molecule has 0 fully saturated rings. The molecule has 0 spiro atoms. The van der Waals surface area contributed by atoms with Crippen LogP contribution in [0.25, 0.3) is 6.08 Å². The molecule has 42 heavy (non-hydrogen) atoms. The lowest BCUT2D eigenvalue weighted by Gasteiger charge is -2.16. The lowest BCUT2D eigenvalue weighted by atomic mass is 9.96. The van der Waals surface area contributed by atoms with Gasteiger partial charge in [0.15, 0.2) is 0 Å². The molecule has 0 atom stereocenters. The summed E-state index contributed by atoms with van der Waals surface area (Å²) < 4.78 is 69.1. The van der Waals surface area contributed by atoms with Crippen LogP contribution in [-0.4, -0.2) is 65.1 Å². The van der Waals surface area contributed by atoms with Crippen molar-refractivity contribution in [1.29, 1.82) is 0 Å². The highest BCUT2D eigenvalue weighted by molar-refractivity contribution is 7.57. The van der Waals surface area contributed by atoms with Crippen LogP contribution in [0.2, 0.25) is 0 Å². The van der Waals surface area contributed by atoms with Gasteiger partial charge in [-0.25, -0.2) is 4.79 Å². The highest BCUT2D eigenvalue weighted by atomic mass is 31.2. The lowest BCUT2D eigenvalue weighted by molar-refractivity contribution is 0.0696. The molecular weight excluding hydrogens is 605 g/mol. The molecule has 0 radical (unpaired) electrons. The van der Waals surface area contributed by atoms with E-state index in [9.17, 15) is 23.6 Å². The second kappa shape index (κ2) is 16.8. The van der Waals surface area contributed by atoms with E-state index in [1.807, 2.05) is 18.2 Å². The molecule has 14 heteroatoms. The van der Waals surface area contributed by atoms with Crippen LogP contribution >= 0.6 is 22.8 Å². The summed E-state index contributed by atoms with van der Waals surface area (Å²) in [4.78, 5) is 11.9. The number of aryl methyl sites for hydroxylation is 2. The molecule has 0 saturated heterocycles. The van der Waals surface area contributed by atoms with Gasteiger partial charge in [-0.1, -0.05) is 24.3 Å². The Morgan fingerprint density at radius 1 is 0.714 bits per heavy atom. The molecule has 2 rings (SSSR count). The van der Waals surface area contributed by atoms with Crippen LogP contribution in [-0.2, 0) is 60.1 Å². The number of hydrogen-bond acceptors (Lipinski definition) is 10. The highest BCUT2D eigenvalue weighted by Gasteiger charge is 2.23. The van der Waals surface area contributed by atoms with E-state index in [-0.39, 0.29) is 31.1 Å². The summed E-state index contributed by atoms with van der Waals surface area (Å²) in [5.41, 5.74) is 3.83. The first-order valence-electron chi connectivity index (χ1n) is 13.3. The predicted octanol–water partition coefficient (Wildman–Crippen LogP) is 7.27. The number of rotatable bonds is 19. The number of carboxylic acid groups (broad SMARTS) is 1. The van der Waals surface area contributed by atoms with Gasteiger partial charge in [-0.05, 0) is 79.1 Å². The van der Waals surface area contributed by atoms with Gasteiger partial charge in [-0.15, -0.1) is 0 Å². The van der Waals surface area contributed by atoms with Crippen LogP contribution in [0, 0.1) is 0 Å². The van der Waals surface area contributed by atoms with Crippen molar-refractivity contribution in [1.82, 2.24) is 0 Å².